The Bertz CT molecular complexity index is 312. The fourth-order valence-corrected chi connectivity index (χ4v) is 1.55. The summed E-state index contributed by atoms with van der Waals surface area (Å²) in [6.07, 6.45) is 2.26. The number of nitrogens with zero attached hydrogens (tertiary/aromatic N) is 3. The molecule has 0 unspecified atom stereocenters. The highest BCUT2D eigenvalue weighted by atomic mass is 16.5. The Balaban J connectivity index is 2.52. The van der Waals surface area contributed by atoms with Gasteiger partial charge in [0.1, 0.15) is 0 Å². The first-order valence-electron chi connectivity index (χ1n) is 6.33. The van der Waals surface area contributed by atoms with E-state index in [-0.39, 0.29) is 12.5 Å². The first-order valence-corrected chi connectivity index (χ1v) is 6.33. The molecule has 0 aliphatic rings. The first kappa shape index (κ1) is 14.1. The van der Waals surface area contributed by atoms with Crippen LogP contribution in [0, 0.1) is 0 Å². The Morgan fingerprint density at radius 2 is 2.12 bits per heavy atom. The molecule has 0 aliphatic carbocycles. The van der Waals surface area contributed by atoms with Crippen molar-refractivity contribution >= 4 is 0 Å². The summed E-state index contributed by atoms with van der Waals surface area (Å²) in [5.74, 6) is 1.67. The van der Waals surface area contributed by atoms with Gasteiger partial charge >= 0.3 is 0 Å². The van der Waals surface area contributed by atoms with Crippen molar-refractivity contribution in [3.05, 3.63) is 11.7 Å². The number of aromatic nitrogens is 2. The average Bonchev–Trinajstić information content (AvgIpc) is 2.75. The molecule has 5 heteroatoms. The van der Waals surface area contributed by atoms with Crippen LogP contribution in [0.1, 0.15) is 51.2 Å². The minimum atomic E-state index is 0.162. The van der Waals surface area contributed by atoms with Gasteiger partial charge in [-0.15, -0.1) is 0 Å². The molecule has 17 heavy (non-hydrogen) atoms. The molecule has 0 aliphatic heterocycles. The zero-order valence-electron chi connectivity index (χ0n) is 11.0. The van der Waals surface area contributed by atoms with E-state index >= 15 is 0 Å². The van der Waals surface area contributed by atoms with E-state index in [1.54, 1.807) is 0 Å². The van der Waals surface area contributed by atoms with Gasteiger partial charge in [-0.25, -0.2) is 0 Å². The molecule has 5 nitrogen and oxygen atoms in total. The maximum atomic E-state index is 9.00. The van der Waals surface area contributed by atoms with E-state index in [1.165, 1.54) is 0 Å². The lowest BCUT2D eigenvalue weighted by Crippen LogP contribution is -2.27. The number of hydrogen-bond acceptors (Lipinski definition) is 5. The second kappa shape index (κ2) is 7.40. The van der Waals surface area contributed by atoms with Crippen LogP contribution in [-0.2, 0) is 6.54 Å². The molecule has 0 aromatic carbocycles. The monoisotopic (exact) mass is 241 g/mol. The van der Waals surface area contributed by atoms with Crippen molar-refractivity contribution in [1.29, 1.82) is 0 Å². The quantitative estimate of drug-likeness (QED) is 0.751. The predicted molar refractivity (Wildman–Crippen MR) is 65.7 cm³/mol. The zero-order valence-corrected chi connectivity index (χ0v) is 11.0. The smallest absolute Gasteiger partial charge is 0.240 e. The molecule has 1 heterocycles. The molecule has 0 saturated carbocycles. The number of aliphatic hydroxyl groups is 1. The number of hydrogen-bond donors (Lipinski definition) is 1. The Morgan fingerprint density at radius 3 is 2.65 bits per heavy atom. The van der Waals surface area contributed by atoms with Crippen LogP contribution in [0.15, 0.2) is 4.52 Å². The van der Waals surface area contributed by atoms with Gasteiger partial charge in [0.25, 0.3) is 0 Å². The second-order valence-electron chi connectivity index (χ2n) is 4.55. The third-order valence-corrected chi connectivity index (χ3v) is 2.60. The van der Waals surface area contributed by atoms with Crippen LogP contribution in [0.5, 0.6) is 0 Å². The summed E-state index contributed by atoms with van der Waals surface area (Å²) in [6.45, 7) is 8.63. The van der Waals surface area contributed by atoms with E-state index in [0.29, 0.717) is 19.0 Å². The van der Waals surface area contributed by atoms with Crippen molar-refractivity contribution in [1.82, 2.24) is 15.0 Å². The van der Waals surface area contributed by atoms with Crippen LogP contribution in [0.3, 0.4) is 0 Å². The molecular formula is C12H23N3O2. The topological polar surface area (TPSA) is 62.4 Å². The molecule has 0 saturated heterocycles. The van der Waals surface area contributed by atoms with E-state index < -0.39 is 0 Å². The molecule has 0 spiro atoms. The summed E-state index contributed by atoms with van der Waals surface area (Å²) in [4.78, 5) is 6.48. The van der Waals surface area contributed by atoms with E-state index in [2.05, 4.69) is 22.0 Å². The third kappa shape index (κ3) is 4.83. The van der Waals surface area contributed by atoms with Crippen molar-refractivity contribution in [3.8, 4) is 0 Å². The van der Waals surface area contributed by atoms with Crippen LogP contribution in [0.4, 0.5) is 0 Å². The molecule has 0 amide bonds. The molecule has 98 valence electrons. The SMILES string of the molecule is CCCCN(CCO)Cc1nc(C(C)C)no1. The molecule has 0 fully saturated rings. The maximum Gasteiger partial charge on any atom is 0.240 e. The summed E-state index contributed by atoms with van der Waals surface area (Å²) in [6, 6.07) is 0. The molecule has 0 radical (unpaired) electrons. The second-order valence-corrected chi connectivity index (χ2v) is 4.55. The lowest BCUT2D eigenvalue weighted by molar-refractivity contribution is 0.172. The molecule has 1 aromatic heterocycles. The number of unbranched alkanes of at least 4 members (excludes halogenated alkanes) is 1. The minimum absolute atomic E-state index is 0.162. The van der Waals surface area contributed by atoms with Gasteiger partial charge in [0.2, 0.25) is 5.89 Å². The predicted octanol–water partition coefficient (Wildman–Crippen LogP) is 1.79. The zero-order chi connectivity index (χ0) is 12.7. The fraction of sp³-hybridized carbons (Fsp3) is 0.833. The van der Waals surface area contributed by atoms with Gasteiger partial charge < -0.3 is 9.63 Å². The van der Waals surface area contributed by atoms with Crippen molar-refractivity contribution in [3.63, 3.8) is 0 Å². The van der Waals surface area contributed by atoms with Gasteiger partial charge in [-0.1, -0.05) is 32.3 Å². The van der Waals surface area contributed by atoms with Gasteiger partial charge in [-0.3, -0.25) is 4.90 Å². The Kier molecular flexibility index (Phi) is 6.15. The van der Waals surface area contributed by atoms with Crippen LogP contribution in [0.2, 0.25) is 0 Å². The lowest BCUT2D eigenvalue weighted by Gasteiger charge is -2.18. The molecule has 1 N–H and O–H groups in total. The highest BCUT2D eigenvalue weighted by Crippen LogP contribution is 2.11. The highest BCUT2D eigenvalue weighted by Gasteiger charge is 2.13. The van der Waals surface area contributed by atoms with E-state index in [1.807, 2.05) is 13.8 Å². The Labute approximate surface area is 103 Å². The summed E-state index contributed by atoms with van der Waals surface area (Å²) in [5.41, 5.74) is 0. The largest absolute Gasteiger partial charge is 0.395 e. The molecule has 1 rings (SSSR count). The van der Waals surface area contributed by atoms with E-state index in [9.17, 15) is 0 Å². The first-order chi connectivity index (χ1) is 8.17. The van der Waals surface area contributed by atoms with Crippen molar-refractivity contribution in [2.45, 2.75) is 46.1 Å². The molecule has 0 atom stereocenters. The molecule has 1 aromatic rings. The summed E-state index contributed by atoms with van der Waals surface area (Å²) < 4.78 is 5.20. The standard InChI is InChI=1S/C12H23N3O2/c1-4-5-6-15(7-8-16)9-11-13-12(10(2)3)14-17-11/h10,16H,4-9H2,1-3H3. The van der Waals surface area contributed by atoms with Crippen LogP contribution in [-0.4, -0.2) is 39.8 Å². The normalized spacial score (nSPS) is 11.6. The van der Waals surface area contributed by atoms with Gasteiger partial charge in [0, 0.05) is 12.5 Å². The van der Waals surface area contributed by atoms with E-state index in [4.69, 9.17) is 9.63 Å². The van der Waals surface area contributed by atoms with Gasteiger partial charge in [0.05, 0.1) is 13.2 Å². The molecule has 0 bridgehead atoms. The van der Waals surface area contributed by atoms with Crippen molar-refractivity contribution in [2.75, 3.05) is 19.7 Å². The number of rotatable bonds is 8. The van der Waals surface area contributed by atoms with Crippen LogP contribution >= 0.6 is 0 Å². The number of aliphatic hydroxyl groups excluding tert-OH is 1. The highest BCUT2D eigenvalue weighted by molar-refractivity contribution is 4.91. The van der Waals surface area contributed by atoms with Crippen LogP contribution in [0.25, 0.3) is 0 Å². The van der Waals surface area contributed by atoms with Crippen molar-refractivity contribution in [2.24, 2.45) is 0 Å². The Hall–Kier alpha value is -0.940. The van der Waals surface area contributed by atoms with Gasteiger partial charge in [-0.2, -0.15) is 4.98 Å². The van der Waals surface area contributed by atoms with Crippen molar-refractivity contribution < 1.29 is 9.63 Å². The summed E-state index contributed by atoms with van der Waals surface area (Å²) >= 11 is 0. The summed E-state index contributed by atoms with van der Waals surface area (Å²) in [7, 11) is 0. The minimum Gasteiger partial charge on any atom is -0.395 e. The Morgan fingerprint density at radius 1 is 1.35 bits per heavy atom. The molecular weight excluding hydrogens is 218 g/mol. The van der Waals surface area contributed by atoms with Crippen LogP contribution < -0.4 is 0 Å². The average molecular weight is 241 g/mol. The summed E-state index contributed by atoms with van der Waals surface area (Å²) in [5, 5.41) is 12.9. The third-order valence-electron chi connectivity index (χ3n) is 2.60. The fourth-order valence-electron chi connectivity index (χ4n) is 1.55. The lowest BCUT2D eigenvalue weighted by atomic mass is 10.2. The maximum absolute atomic E-state index is 9.00. The van der Waals surface area contributed by atoms with Gasteiger partial charge in [-0.05, 0) is 13.0 Å². The van der Waals surface area contributed by atoms with E-state index in [0.717, 1.165) is 25.2 Å². The van der Waals surface area contributed by atoms with Gasteiger partial charge in [0.15, 0.2) is 5.82 Å².